The Morgan fingerprint density at radius 3 is 2.63 bits per heavy atom. The highest BCUT2D eigenvalue weighted by Gasteiger charge is 2.44. The van der Waals surface area contributed by atoms with E-state index >= 15 is 0 Å². The minimum absolute atomic E-state index is 0.0471. The molecule has 2 fully saturated rings. The second-order valence-corrected chi connectivity index (χ2v) is 8.01. The van der Waals surface area contributed by atoms with E-state index in [0.717, 1.165) is 56.6 Å². The van der Waals surface area contributed by atoms with E-state index in [1.54, 1.807) is 0 Å². The van der Waals surface area contributed by atoms with Gasteiger partial charge in [-0.15, -0.1) is 10.2 Å². The van der Waals surface area contributed by atoms with Crippen LogP contribution in [-0.4, -0.2) is 42.6 Å². The van der Waals surface area contributed by atoms with E-state index in [1.807, 2.05) is 0 Å². The molecule has 0 unspecified atom stereocenters. The van der Waals surface area contributed by atoms with Crippen molar-refractivity contribution < 1.29 is 8.78 Å². The third-order valence-electron chi connectivity index (χ3n) is 5.36. The Bertz CT molecular complexity index is 895. The maximum atomic E-state index is 14.6. The molecule has 0 amide bonds. The Morgan fingerprint density at radius 1 is 1.22 bits per heavy atom. The van der Waals surface area contributed by atoms with Crippen molar-refractivity contribution >= 4 is 28.3 Å². The van der Waals surface area contributed by atoms with E-state index in [-0.39, 0.29) is 16.7 Å². The second kappa shape index (κ2) is 6.97. The Balaban J connectivity index is 1.55. The highest BCUT2D eigenvalue weighted by atomic mass is 32.1. The lowest BCUT2D eigenvalue weighted by Crippen LogP contribution is -2.60. The molecule has 142 valence electrons. The molecule has 2 aliphatic rings. The van der Waals surface area contributed by atoms with Gasteiger partial charge in [0.05, 0.1) is 5.56 Å². The van der Waals surface area contributed by atoms with Gasteiger partial charge in [-0.25, -0.2) is 8.78 Å². The van der Waals surface area contributed by atoms with Crippen LogP contribution < -0.4 is 16.0 Å². The van der Waals surface area contributed by atoms with E-state index in [4.69, 9.17) is 11.1 Å². The van der Waals surface area contributed by atoms with Crippen LogP contribution >= 0.6 is 11.3 Å². The van der Waals surface area contributed by atoms with Crippen LogP contribution in [-0.2, 0) is 0 Å². The minimum atomic E-state index is -1.04. The van der Waals surface area contributed by atoms with E-state index in [2.05, 4.69) is 20.4 Å². The van der Waals surface area contributed by atoms with Crippen LogP contribution in [0.25, 0.3) is 16.1 Å². The van der Waals surface area contributed by atoms with Crippen LogP contribution in [0.4, 0.5) is 13.9 Å². The number of nitrogens with two attached hydrogens (primary N) is 1. The van der Waals surface area contributed by atoms with Crippen molar-refractivity contribution in [3.63, 3.8) is 0 Å². The molecular formula is C18H20F2N6S. The van der Waals surface area contributed by atoms with Gasteiger partial charge in [-0.1, -0.05) is 17.4 Å². The van der Waals surface area contributed by atoms with Gasteiger partial charge >= 0.3 is 0 Å². The summed E-state index contributed by atoms with van der Waals surface area (Å²) in [6, 6.07) is 2.86. The summed E-state index contributed by atoms with van der Waals surface area (Å²) in [7, 11) is 0. The highest BCUT2D eigenvalue weighted by molar-refractivity contribution is 7.18. The minimum Gasteiger partial charge on any atom is -0.404 e. The van der Waals surface area contributed by atoms with Gasteiger partial charge in [0, 0.05) is 42.1 Å². The number of benzene rings is 1. The monoisotopic (exact) mass is 390 g/mol. The first-order chi connectivity index (χ1) is 13.1. The van der Waals surface area contributed by atoms with Crippen molar-refractivity contribution in [3.05, 3.63) is 35.5 Å². The molecule has 1 aromatic heterocycles. The van der Waals surface area contributed by atoms with Gasteiger partial charge in [0.1, 0.15) is 0 Å². The molecular weight excluding hydrogens is 370 g/mol. The molecule has 0 aliphatic carbocycles. The summed E-state index contributed by atoms with van der Waals surface area (Å²) in [4.78, 5) is 2.15. The first-order valence-electron chi connectivity index (χ1n) is 8.77. The average Bonchev–Trinajstić information content (AvgIpc) is 3.14. The Labute approximate surface area is 159 Å². The number of halogens is 2. The van der Waals surface area contributed by atoms with Gasteiger partial charge in [-0.3, -0.25) is 0 Å². The lowest BCUT2D eigenvalue weighted by Gasteiger charge is -2.52. The first kappa shape index (κ1) is 18.0. The maximum Gasteiger partial charge on any atom is 0.208 e. The number of anilines is 1. The van der Waals surface area contributed by atoms with Crippen LogP contribution in [0.3, 0.4) is 0 Å². The predicted molar refractivity (Wildman–Crippen MR) is 103 cm³/mol. The summed E-state index contributed by atoms with van der Waals surface area (Å²) < 4.78 is 29.0. The summed E-state index contributed by atoms with van der Waals surface area (Å²) in [5, 5.41) is 19.9. The zero-order valence-electron chi connectivity index (χ0n) is 14.6. The fourth-order valence-corrected chi connectivity index (χ4v) is 4.64. The maximum absolute atomic E-state index is 14.6. The van der Waals surface area contributed by atoms with Crippen LogP contribution in [0.1, 0.15) is 18.4 Å². The topological polar surface area (TPSA) is 90.9 Å². The van der Waals surface area contributed by atoms with Crippen molar-refractivity contribution in [2.75, 3.05) is 31.1 Å². The van der Waals surface area contributed by atoms with Crippen LogP contribution in [0.15, 0.2) is 18.3 Å². The summed E-state index contributed by atoms with van der Waals surface area (Å²) in [6.07, 6.45) is 4.27. The molecule has 1 aromatic carbocycles. The van der Waals surface area contributed by atoms with Gasteiger partial charge in [0.15, 0.2) is 16.6 Å². The summed E-state index contributed by atoms with van der Waals surface area (Å²) in [5.41, 5.74) is 5.86. The fraction of sp³-hybridized carbons (Fsp3) is 0.389. The molecule has 4 N–H and O–H groups in total. The molecule has 2 saturated heterocycles. The van der Waals surface area contributed by atoms with Gasteiger partial charge in [-0.05, 0) is 32.0 Å². The summed E-state index contributed by atoms with van der Waals surface area (Å²) in [5.74, 6) is -2.04. The molecule has 3 heterocycles. The van der Waals surface area contributed by atoms with E-state index < -0.39 is 11.6 Å². The second-order valence-electron chi connectivity index (χ2n) is 7.05. The molecule has 6 nitrogen and oxygen atoms in total. The number of nitrogens with zero attached hydrogens (tertiary/aromatic N) is 3. The number of hydrogen-bond donors (Lipinski definition) is 3. The van der Waals surface area contributed by atoms with E-state index in [9.17, 15) is 8.78 Å². The molecule has 0 bridgehead atoms. The number of allylic oxidation sites excluding steroid dienone is 1. The molecule has 0 radical (unpaired) electrons. The number of piperidine rings is 1. The lowest BCUT2D eigenvalue weighted by molar-refractivity contribution is 0.149. The first-order valence-corrected chi connectivity index (χ1v) is 9.59. The quantitative estimate of drug-likeness (QED) is 0.698. The fourth-order valence-electron chi connectivity index (χ4n) is 3.78. The number of nitrogens with one attached hydrogen (secondary N) is 2. The normalized spacial score (nSPS) is 19.2. The Morgan fingerprint density at radius 2 is 1.96 bits per heavy atom. The van der Waals surface area contributed by atoms with Crippen LogP contribution in [0, 0.1) is 22.5 Å². The zero-order chi connectivity index (χ0) is 19.0. The molecule has 9 heteroatoms. The molecule has 27 heavy (non-hydrogen) atoms. The molecule has 0 saturated carbocycles. The summed E-state index contributed by atoms with van der Waals surface area (Å²) >= 11 is 1.26. The van der Waals surface area contributed by atoms with Crippen LogP contribution in [0.2, 0.25) is 0 Å². The molecule has 2 aromatic rings. The summed E-state index contributed by atoms with van der Waals surface area (Å²) in [6.45, 7) is 3.95. The molecule has 2 aliphatic heterocycles. The van der Waals surface area contributed by atoms with Crippen LogP contribution in [0.5, 0.6) is 0 Å². The van der Waals surface area contributed by atoms with E-state index in [0.29, 0.717) is 10.4 Å². The molecule has 4 rings (SSSR count). The third-order valence-corrected chi connectivity index (χ3v) is 6.38. The number of hydrogen-bond acceptors (Lipinski definition) is 7. The molecule has 1 spiro atoms. The van der Waals surface area contributed by atoms with Crippen molar-refractivity contribution in [1.29, 1.82) is 5.41 Å². The Kier molecular flexibility index (Phi) is 4.65. The van der Waals surface area contributed by atoms with Crippen molar-refractivity contribution in [2.45, 2.75) is 12.8 Å². The zero-order valence-corrected chi connectivity index (χ0v) is 15.5. The predicted octanol–water partition coefficient (Wildman–Crippen LogP) is 2.62. The van der Waals surface area contributed by atoms with Crippen molar-refractivity contribution in [2.24, 2.45) is 11.1 Å². The number of aromatic nitrogens is 2. The van der Waals surface area contributed by atoms with Gasteiger partial charge in [0.25, 0.3) is 0 Å². The van der Waals surface area contributed by atoms with Crippen molar-refractivity contribution in [1.82, 2.24) is 15.5 Å². The smallest absolute Gasteiger partial charge is 0.208 e. The lowest BCUT2D eigenvalue weighted by atomic mass is 9.73. The van der Waals surface area contributed by atoms with Crippen molar-refractivity contribution in [3.8, 4) is 10.6 Å². The SMILES string of the molecule is N=C/C(=C\N)c1ccc(-c2nnc(N3CC4(CCNCC4)C3)s2)c(F)c1F. The molecule has 0 atom stereocenters. The third kappa shape index (κ3) is 3.10. The van der Waals surface area contributed by atoms with E-state index in [1.165, 1.54) is 23.5 Å². The van der Waals surface area contributed by atoms with Gasteiger partial charge in [0.2, 0.25) is 5.13 Å². The highest BCUT2D eigenvalue weighted by Crippen LogP contribution is 2.43. The Hall–Kier alpha value is -2.39. The number of rotatable bonds is 4. The largest absolute Gasteiger partial charge is 0.404 e. The van der Waals surface area contributed by atoms with Gasteiger partial charge in [-0.2, -0.15) is 0 Å². The standard InChI is InChI=1S/C18H20F2N6S/c19-14-12(11(7-21)8-22)1-2-13(15(14)20)16-24-25-17(27-16)26-9-18(10-26)3-5-23-6-4-18/h1-2,7-8,21,23H,3-6,9-10,22H2/b11-8+,21-7?. The van der Waals surface area contributed by atoms with Gasteiger partial charge < -0.3 is 21.4 Å². The average molecular weight is 390 g/mol.